The Morgan fingerprint density at radius 2 is 2.27 bits per heavy atom. The standard InChI is InChI=1S/C12H19NOS/c1-4-11(13(2)3)6-5-10-9-15-8-7-12(10)14/h5-6H,4,7-9H2,1-3H3/b10-5+,11-6+. The van der Waals surface area contributed by atoms with Crippen LogP contribution in [-0.2, 0) is 4.79 Å². The molecule has 0 bridgehead atoms. The van der Waals surface area contributed by atoms with Crippen molar-refractivity contribution in [1.29, 1.82) is 0 Å². The molecule has 1 saturated heterocycles. The van der Waals surface area contributed by atoms with Crippen molar-refractivity contribution >= 4 is 17.5 Å². The Morgan fingerprint density at radius 1 is 1.53 bits per heavy atom. The second-order valence-corrected chi connectivity index (χ2v) is 4.93. The molecule has 0 aliphatic carbocycles. The molecule has 1 heterocycles. The van der Waals surface area contributed by atoms with E-state index in [-0.39, 0.29) is 0 Å². The van der Waals surface area contributed by atoms with Gasteiger partial charge in [0.2, 0.25) is 0 Å². The Hall–Kier alpha value is -0.700. The van der Waals surface area contributed by atoms with Crippen molar-refractivity contribution in [3.8, 4) is 0 Å². The quantitative estimate of drug-likeness (QED) is 0.688. The molecule has 1 rings (SSSR count). The third kappa shape index (κ3) is 3.74. The average Bonchev–Trinajstić information content (AvgIpc) is 2.21. The number of hydrogen-bond donors (Lipinski definition) is 0. The largest absolute Gasteiger partial charge is 0.381 e. The SMILES string of the molecule is CC/C(=C\C=C1/CSCCC1=O)N(C)C. The Balaban J connectivity index is 2.72. The highest BCUT2D eigenvalue weighted by molar-refractivity contribution is 7.99. The summed E-state index contributed by atoms with van der Waals surface area (Å²) in [5.74, 6) is 2.17. The first-order chi connectivity index (χ1) is 7.15. The number of ketones is 1. The summed E-state index contributed by atoms with van der Waals surface area (Å²) >= 11 is 1.84. The Morgan fingerprint density at radius 3 is 2.80 bits per heavy atom. The molecule has 0 aromatic rings. The van der Waals surface area contributed by atoms with E-state index in [9.17, 15) is 4.79 Å². The number of carbonyl (C=O) groups excluding carboxylic acids is 1. The maximum atomic E-state index is 11.5. The van der Waals surface area contributed by atoms with E-state index in [2.05, 4.69) is 17.9 Å². The Bertz CT molecular complexity index is 292. The molecule has 15 heavy (non-hydrogen) atoms. The second kappa shape index (κ2) is 6.01. The molecule has 0 saturated carbocycles. The van der Waals surface area contributed by atoms with Gasteiger partial charge >= 0.3 is 0 Å². The lowest BCUT2D eigenvalue weighted by atomic mass is 10.1. The summed E-state index contributed by atoms with van der Waals surface area (Å²) in [6.07, 6.45) is 5.76. The molecule has 0 aromatic heterocycles. The molecule has 0 unspecified atom stereocenters. The zero-order valence-electron chi connectivity index (χ0n) is 9.75. The first-order valence-corrected chi connectivity index (χ1v) is 6.48. The molecule has 1 fully saturated rings. The van der Waals surface area contributed by atoms with Crippen molar-refractivity contribution in [3.63, 3.8) is 0 Å². The first kappa shape index (κ1) is 12.4. The van der Waals surface area contributed by atoms with Gasteiger partial charge in [-0.15, -0.1) is 0 Å². The summed E-state index contributed by atoms with van der Waals surface area (Å²) in [7, 11) is 4.07. The zero-order valence-corrected chi connectivity index (χ0v) is 10.6. The summed E-state index contributed by atoms with van der Waals surface area (Å²) in [6.45, 7) is 2.13. The zero-order chi connectivity index (χ0) is 11.3. The highest BCUT2D eigenvalue weighted by Crippen LogP contribution is 2.19. The number of allylic oxidation sites excluding steroid dienone is 3. The number of nitrogens with zero attached hydrogens (tertiary/aromatic N) is 1. The molecule has 3 heteroatoms. The van der Waals surface area contributed by atoms with Gasteiger partial charge in [-0.05, 0) is 12.5 Å². The van der Waals surface area contributed by atoms with Gasteiger partial charge in [-0.25, -0.2) is 0 Å². The molecular formula is C12H19NOS. The molecule has 0 spiro atoms. The van der Waals surface area contributed by atoms with Gasteiger partial charge in [0.05, 0.1) is 0 Å². The van der Waals surface area contributed by atoms with E-state index in [0.717, 1.165) is 23.5 Å². The third-order valence-electron chi connectivity index (χ3n) is 2.50. The lowest BCUT2D eigenvalue weighted by Gasteiger charge is -2.15. The van der Waals surface area contributed by atoms with Crippen LogP contribution in [0.15, 0.2) is 23.4 Å². The summed E-state index contributed by atoms with van der Waals surface area (Å²) in [5, 5.41) is 0. The summed E-state index contributed by atoms with van der Waals surface area (Å²) in [6, 6.07) is 0. The Labute approximate surface area is 96.4 Å². The summed E-state index contributed by atoms with van der Waals surface area (Å²) < 4.78 is 0. The van der Waals surface area contributed by atoms with Crippen molar-refractivity contribution in [1.82, 2.24) is 4.90 Å². The molecule has 0 amide bonds. The molecule has 1 aliphatic heterocycles. The normalized spacial score (nSPS) is 20.9. The van der Waals surface area contributed by atoms with E-state index < -0.39 is 0 Å². The van der Waals surface area contributed by atoms with Crippen LogP contribution in [0.2, 0.25) is 0 Å². The lowest BCUT2D eigenvalue weighted by molar-refractivity contribution is -0.115. The molecule has 2 nitrogen and oxygen atoms in total. The number of carbonyl (C=O) groups is 1. The molecule has 0 radical (unpaired) electrons. The summed E-state index contributed by atoms with van der Waals surface area (Å²) in [4.78, 5) is 13.6. The Kier molecular flexibility index (Phi) is 4.95. The van der Waals surface area contributed by atoms with Crippen LogP contribution < -0.4 is 0 Å². The van der Waals surface area contributed by atoms with Crippen LogP contribution in [0.1, 0.15) is 19.8 Å². The number of hydrogen-bond acceptors (Lipinski definition) is 3. The number of thioether (sulfide) groups is 1. The van der Waals surface area contributed by atoms with E-state index in [0.29, 0.717) is 12.2 Å². The van der Waals surface area contributed by atoms with Gasteiger partial charge in [0, 0.05) is 43.3 Å². The van der Waals surface area contributed by atoms with E-state index in [1.54, 1.807) is 0 Å². The molecule has 0 N–H and O–H groups in total. The van der Waals surface area contributed by atoms with Crippen LogP contribution in [0.25, 0.3) is 0 Å². The van der Waals surface area contributed by atoms with Gasteiger partial charge < -0.3 is 4.90 Å². The van der Waals surface area contributed by atoms with Crippen LogP contribution in [0.5, 0.6) is 0 Å². The maximum absolute atomic E-state index is 11.5. The van der Waals surface area contributed by atoms with Crippen molar-refractivity contribution in [2.45, 2.75) is 19.8 Å². The van der Waals surface area contributed by atoms with Crippen LogP contribution in [-0.4, -0.2) is 36.3 Å². The van der Waals surface area contributed by atoms with Crippen molar-refractivity contribution in [2.75, 3.05) is 25.6 Å². The van der Waals surface area contributed by atoms with Crippen LogP contribution in [0.3, 0.4) is 0 Å². The lowest BCUT2D eigenvalue weighted by Crippen LogP contribution is -2.13. The first-order valence-electron chi connectivity index (χ1n) is 5.33. The third-order valence-corrected chi connectivity index (χ3v) is 3.51. The number of Topliss-reactive ketones (excluding diaryl/α,β-unsaturated/α-hetero) is 1. The van der Waals surface area contributed by atoms with Crippen molar-refractivity contribution in [3.05, 3.63) is 23.4 Å². The van der Waals surface area contributed by atoms with Crippen LogP contribution >= 0.6 is 11.8 Å². The fraction of sp³-hybridized carbons (Fsp3) is 0.583. The molecule has 1 aliphatic rings. The monoisotopic (exact) mass is 225 g/mol. The van der Waals surface area contributed by atoms with E-state index in [4.69, 9.17) is 0 Å². The van der Waals surface area contributed by atoms with Gasteiger partial charge in [-0.1, -0.05) is 13.0 Å². The second-order valence-electron chi connectivity index (χ2n) is 3.82. The average molecular weight is 225 g/mol. The predicted molar refractivity (Wildman–Crippen MR) is 67.1 cm³/mol. The van der Waals surface area contributed by atoms with Gasteiger partial charge in [-0.3, -0.25) is 4.79 Å². The molecule has 0 atom stereocenters. The highest BCUT2D eigenvalue weighted by atomic mass is 32.2. The van der Waals surface area contributed by atoms with Gasteiger partial charge in [0.1, 0.15) is 0 Å². The minimum atomic E-state index is 0.319. The smallest absolute Gasteiger partial charge is 0.160 e. The maximum Gasteiger partial charge on any atom is 0.160 e. The van der Waals surface area contributed by atoms with E-state index >= 15 is 0 Å². The van der Waals surface area contributed by atoms with Crippen LogP contribution in [0.4, 0.5) is 0 Å². The number of rotatable bonds is 3. The highest BCUT2D eigenvalue weighted by Gasteiger charge is 2.14. The van der Waals surface area contributed by atoms with E-state index in [1.807, 2.05) is 31.9 Å². The summed E-state index contributed by atoms with van der Waals surface area (Å²) in [5.41, 5.74) is 2.23. The minimum Gasteiger partial charge on any atom is -0.381 e. The van der Waals surface area contributed by atoms with Gasteiger partial charge in [0.15, 0.2) is 5.78 Å². The van der Waals surface area contributed by atoms with Gasteiger partial charge in [0.25, 0.3) is 0 Å². The molecular weight excluding hydrogens is 206 g/mol. The predicted octanol–water partition coefficient (Wildman–Crippen LogP) is 2.47. The fourth-order valence-corrected chi connectivity index (χ4v) is 2.46. The minimum absolute atomic E-state index is 0.319. The molecule has 0 aromatic carbocycles. The van der Waals surface area contributed by atoms with E-state index in [1.165, 1.54) is 5.70 Å². The fourth-order valence-electron chi connectivity index (χ4n) is 1.51. The molecule has 84 valence electrons. The van der Waals surface area contributed by atoms with Crippen molar-refractivity contribution < 1.29 is 4.79 Å². The van der Waals surface area contributed by atoms with Gasteiger partial charge in [-0.2, -0.15) is 11.8 Å². The topological polar surface area (TPSA) is 20.3 Å². The van der Waals surface area contributed by atoms with Crippen LogP contribution in [0, 0.1) is 0 Å². The van der Waals surface area contributed by atoms with Crippen molar-refractivity contribution in [2.24, 2.45) is 0 Å².